The van der Waals surface area contributed by atoms with Crippen molar-refractivity contribution >= 4 is 11.9 Å². The number of rotatable bonds is 6. The second-order valence-electron chi connectivity index (χ2n) is 3.21. The Hall–Kier alpha value is -1.06. The van der Waals surface area contributed by atoms with Crippen molar-refractivity contribution < 1.29 is 19.8 Å². The van der Waals surface area contributed by atoms with E-state index in [4.69, 9.17) is 10.2 Å². The Morgan fingerprint density at radius 1 is 1.23 bits per heavy atom. The summed E-state index contributed by atoms with van der Waals surface area (Å²) in [5.74, 6) is -3.60. The van der Waals surface area contributed by atoms with Gasteiger partial charge < -0.3 is 10.2 Å². The van der Waals surface area contributed by atoms with E-state index in [9.17, 15) is 9.59 Å². The zero-order chi connectivity index (χ0) is 10.4. The molecule has 0 bridgehead atoms. The molecule has 0 aliphatic carbocycles. The number of unbranched alkanes of at least 4 members (excludes halogenated alkanes) is 1. The summed E-state index contributed by atoms with van der Waals surface area (Å²) in [6.45, 7) is 3.39. The Kier molecular flexibility index (Phi) is 5.11. The minimum atomic E-state index is -1.04. The van der Waals surface area contributed by atoms with Crippen molar-refractivity contribution in [2.45, 2.75) is 33.1 Å². The number of hydrogen-bond donors (Lipinski definition) is 2. The Morgan fingerprint density at radius 3 is 2.08 bits per heavy atom. The third-order valence-electron chi connectivity index (χ3n) is 2.18. The Bertz CT molecular complexity index is 188. The fourth-order valence-electron chi connectivity index (χ4n) is 1.18. The van der Waals surface area contributed by atoms with Gasteiger partial charge in [0, 0.05) is 0 Å². The largest absolute Gasteiger partial charge is 0.481 e. The summed E-state index contributed by atoms with van der Waals surface area (Å²) in [5.41, 5.74) is 0. The second kappa shape index (κ2) is 5.56. The van der Waals surface area contributed by atoms with E-state index < -0.39 is 23.8 Å². The summed E-state index contributed by atoms with van der Waals surface area (Å²) in [7, 11) is 0. The van der Waals surface area contributed by atoms with Crippen LogP contribution in [-0.2, 0) is 9.59 Å². The number of carbonyl (C=O) groups is 2. The van der Waals surface area contributed by atoms with Gasteiger partial charge in [-0.15, -0.1) is 0 Å². The molecule has 0 aromatic rings. The highest BCUT2D eigenvalue weighted by molar-refractivity contribution is 5.79. The summed E-state index contributed by atoms with van der Waals surface area (Å²) in [4.78, 5) is 21.2. The second-order valence-corrected chi connectivity index (χ2v) is 3.21. The average Bonchev–Trinajstić information content (AvgIpc) is 2.04. The zero-order valence-corrected chi connectivity index (χ0v) is 7.99. The van der Waals surface area contributed by atoms with Gasteiger partial charge in [-0.1, -0.05) is 26.7 Å². The van der Waals surface area contributed by atoms with E-state index in [2.05, 4.69) is 0 Å². The normalized spacial score (nSPS) is 14.9. The molecule has 13 heavy (non-hydrogen) atoms. The summed E-state index contributed by atoms with van der Waals surface area (Å²) in [6, 6.07) is 0. The maximum Gasteiger partial charge on any atom is 0.307 e. The Balaban J connectivity index is 4.24. The van der Waals surface area contributed by atoms with Crippen molar-refractivity contribution in [1.82, 2.24) is 0 Å². The number of carboxylic acids is 2. The molecular weight excluding hydrogens is 172 g/mol. The maximum atomic E-state index is 10.7. The van der Waals surface area contributed by atoms with Crippen LogP contribution in [0.5, 0.6) is 0 Å². The van der Waals surface area contributed by atoms with Crippen LogP contribution in [0.2, 0.25) is 0 Å². The van der Waals surface area contributed by atoms with Gasteiger partial charge in [0.2, 0.25) is 0 Å². The number of aliphatic carboxylic acids is 2. The summed E-state index contributed by atoms with van der Waals surface area (Å²) in [5, 5.41) is 17.4. The molecule has 4 heteroatoms. The fourth-order valence-corrected chi connectivity index (χ4v) is 1.18. The highest BCUT2D eigenvalue weighted by Crippen LogP contribution is 2.19. The first kappa shape index (κ1) is 11.9. The molecule has 0 fully saturated rings. The van der Waals surface area contributed by atoms with Gasteiger partial charge in [-0.3, -0.25) is 9.59 Å². The first-order valence-corrected chi connectivity index (χ1v) is 4.46. The highest BCUT2D eigenvalue weighted by Gasteiger charge is 2.28. The molecule has 0 aromatic carbocycles. The quantitative estimate of drug-likeness (QED) is 0.663. The molecule has 0 heterocycles. The molecule has 0 aliphatic rings. The van der Waals surface area contributed by atoms with Gasteiger partial charge in [-0.25, -0.2) is 0 Å². The van der Waals surface area contributed by atoms with Crippen molar-refractivity contribution in [3.63, 3.8) is 0 Å². The molecule has 4 nitrogen and oxygen atoms in total. The molecule has 0 radical (unpaired) electrons. The van der Waals surface area contributed by atoms with Crippen LogP contribution in [0.1, 0.15) is 33.1 Å². The van der Waals surface area contributed by atoms with Crippen LogP contribution >= 0.6 is 0 Å². The summed E-state index contributed by atoms with van der Waals surface area (Å²) < 4.78 is 0. The fraction of sp³-hybridized carbons (Fsp3) is 0.778. The highest BCUT2D eigenvalue weighted by atomic mass is 16.4. The number of hydrogen-bond acceptors (Lipinski definition) is 2. The van der Waals surface area contributed by atoms with Crippen LogP contribution in [0.3, 0.4) is 0 Å². The van der Waals surface area contributed by atoms with Crippen molar-refractivity contribution in [2.75, 3.05) is 0 Å². The lowest BCUT2D eigenvalue weighted by atomic mass is 9.89. The molecule has 0 spiro atoms. The molecule has 0 aromatic heterocycles. The molecular formula is C9H16O4. The Labute approximate surface area is 77.6 Å². The molecule has 0 saturated heterocycles. The molecule has 0 aliphatic heterocycles. The first-order chi connectivity index (χ1) is 6.00. The third kappa shape index (κ3) is 3.92. The van der Waals surface area contributed by atoms with Crippen molar-refractivity contribution in [1.29, 1.82) is 0 Å². The van der Waals surface area contributed by atoms with E-state index in [1.165, 1.54) is 6.92 Å². The van der Waals surface area contributed by atoms with E-state index in [1.54, 1.807) is 0 Å². The van der Waals surface area contributed by atoms with Gasteiger partial charge in [0.1, 0.15) is 0 Å². The van der Waals surface area contributed by atoms with Crippen LogP contribution in [0.25, 0.3) is 0 Å². The van der Waals surface area contributed by atoms with Crippen LogP contribution < -0.4 is 0 Å². The van der Waals surface area contributed by atoms with Crippen LogP contribution in [-0.4, -0.2) is 22.2 Å². The topological polar surface area (TPSA) is 74.6 Å². The van der Waals surface area contributed by atoms with Crippen LogP contribution in [0.4, 0.5) is 0 Å². The number of carboxylic acid groups (broad SMARTS) is 2. The first-order valence-electron chi connectivity index (χ1n) is 4.46. The van der Waals surface area contributed by atoms with Crippen molar-refractivity contribution in [2.24, 2.45) is 11.8 Å². The molecule has 0 saturated carbocycles. The molecule has 2 N–H and O–H groups in total. The van der Waals surface area contributed by atoms with Gasteiger partial charge >= 0.3 is 11.9 Å². The van der Waals surface area contributed by atoms with Crippen molar-refractivity contribution in [3.8, 4) is 0 Å². The van der Waals surface area contributed by atoms with E-state index in [0.717, 1.165) is 12.8 Å². The summed E-state index contributed by atoms with van der Waals surface area (Å²) >= 11 is 0. The monoisotopic (exact) mass is 188 g/mol. The zero-order valence-electron chi connectivity index (χ0n) is 7.99. The van der Waals surface area contributed by atoms with Gasteiger partial charge in [0.05, 0.1) is 11.8 Å². The van der Waals surface area contributed by atoms with Crippen molar-refractivity contribution in [3.05, 3.63) is 0 Å². The SMILES string of the molecule is CCCC[C@H](C(=O)O)C(C)C(=O)O. The lowest BCUT2D eigenvalue weighted by Gasteiger charge is -2.15. The smallest absolute Gasteiger partial charge is 0.307 e. The molecule has 76 valence electrons. The average molecular weight is 188 g/mol. The van der Waals surface area contributed by atoms with E-state index in [-0.39, 0.29) is 0 Å². The van der Waals surface area contributed by atoms with E-state index in [0.29, 0.717) is 6.42 Å². The van der Waals surface area contributed by atoms with Crippen LogP contribution in [0.15, 0.2) is 0 Å². The van der Waals surface area contributed by atoms with E-state index >= 15 is 0 Å². The minimum Gasteiger partial charge on any atom is -0.481 e. The van der Waals surface area contributed by atoms with Gasteiger partial charge in [-0.2, -0.15) is 0 Å². The molecule has 0 amide bonds. The molecule has 1 unspecified atom stereocenters. The lowest BCUT2D eigenvalue weighted by molar-refractivity contribution is -0.153. The predicted molar refractivity (Wildman–Crippen MR) is 47.5 cm³/mol. The maximum absolute atomic E-state index is 10.7. The Morgan fingerprint density at radius 2 is 1.77 bits per heavy atom. The van der Waals surface area contributed by atoms with E-state index in [1.807, 2.05) is 6.92 Å². The van der Waals surface area contributed by atoms with Gasteiger partial charge in [0.25, 0.3) is 0 Å². The van der Waals surface area contributed by atoms with Gasteiger partial charge in [0.15, 0.2) is 0 Å². The third-order valence-corrected chi connectivity index (χ3v) is 2.18. The lowest BCUT2D eigenvalue weighted by Crippen LogP contribution is -2.27. The minimum absolute atomic E-state index is 0.444. The standard InChI is InChI=1S/C9H16O4/c1-3-4-5-7(9(12)13)6(2)8(10)11/h6-7H,3-5H2,1-2H3,(H,10,11)(H,12,13)/t6?,7-/m0/s1. The predicted octanol–water partition coefficient (Wildman–Crippen LogP) is 1.60. The summed E-state index contributed by atoms with van der Waals surface area (Å²) in [6.07, 6.45) is 2.09. The molecule has 2 atom stereocenters. The van der Waals surface area contributed by atoms with Crippen LogP contribution in [0, 0.1) is 11.8 Å². The van der Waals surface area contributed by atoms with Gasteiger partial charge in [-0.05, 0) is 6.42 Å². The molecule has 0 rings (SSSR count).